The van der Waals surface area contributed by atoms with E-state index < -0.39 is 0 Å². The van der Waals surface area contributed by atoms with Crippen LogP contribution in [0.25, 0.3) is 0 Å². The summed E-state index contributed by atoms with van der Waals surface area (Å²) in [5, 5.41) is 9.67. The van der Waals surface area contributed by atoms with Gasteiger partial charge in [-0.2, -0.15) is 0 Å². The number of hydrogen-bond acceptors (Lipinski definition) is 4. The maximum absolute atomic E-state index is 9.67. The summed E-state index contributed by atoms with van der Waals surface area (Å²) >= 11 is 0. The Labute approximate surface area is 103 Å². The zero-order valence-corrected chi connectivity index (χ0v) is 10.6. The molecule has 17 heavy (non-hydrogen) atoms. The molecule has 96 valence electrons. The van der Waals surface area contributed by atoms with Gasteiger partial charge in [0.25, 0.3) is 0 Å². The van der Waals surface area contributed by atoms with E-state index in [-0.39, 0.29) is 6.10 Å². The maximum atomic E-state index is 9.67. The van der Waals surface area contributed by atoms with Gasteiger partial charge in [-0.1, -0.05) is 0 Å². The minimum Gasteiger partial charge on any atom is -0.494 e. The first-order valence-electron chi connectivity index (χ1n) is 5.99. The van der Waals surface area contributed by atoms with Crippen molar-refractivity contribution in [3.8, 4) is 5.75 Å². The Morgan fingerprint density at radius 3 is 2.53 bits per heavy atom. The van der Waals surface area contributed by atoms with Gasteiger partial charge in [0.15, 0.2) is 0 Å². The highest BCUT2D eigenvalue weighted by Crippen LogP contribution is 2.18. The Kier molecular flexibility index (Phi) is 5.80. The first-order chi connectivity index (χ1) is 8.17. The molecule has 1 unspecified atom stereocenters. The first-order valence-corrected chi connectivity index (χ1v) is 5.99. The summed E-state index contributed by atoms with van der Waals surface area (Å²) in [6.07, 6.45) is 0.248. The van der Waals surface area contributed by atoms with Crippen LogP contribution < -0.4 is 15.4 Å². The molecule has 0 aliphatic rings. The van der Waals surface area contributed by atoms with Gasteiger partial charge in [0, 0.05) is 19.3 Å². The SMILES string of the molecule is CCOc1ccc(N(C)CC(O)CCN)cc1. The summed E-state index contributed by atoms with van der Waals surface area (Å²) in [6, 6.07) is 7.84. The highest BCUT2D eigenvalue weighted by Gasteiger charge is 2.08. The molecule has 0 aliphatic carbocycles. The summed E-state index contributed by atoms with van der Waals surface area (Å²) in [4.78, 5) is 2.01. The average molecular weight is 238 g/mol. The number of hydrogen-bond donors (Lipinski definition) is 2. The number of likely N-dealkylation sites (N-methyl/N-ethyl adjacent to an activating group) is 1. The van der Waals surface area contributed by atoms with Crippen LogP contribution in [0.2, 0.25) is 0 Å². The van der Waals surface area contributed by atoms with Gasteiger partial charge in [-0.05, 0) is 44.2 Å². The lowest BCUT2D eigenvalue weighted by Crippen LogP contribution is -2.30. The molecule has 0 spiro atoms. The van der Waals surface area contributed by atoms with Crippen LogP contribution in [0.15, 0.2) is 24.3 Å². The van der Waals surface area contributed by atoms with E-state index in [1.54, 1.807) is 0 Å². The standard InChI is InChI=1S/C13H22N2O2/c1-3-17-13-6-4-11(5-7-13)15(2)10-12(16)8-9-14/h4-7,12,16H,3,8-10,14H2,1-2H3. The maximum Gasteiger partial charge on any atom is 0.119 e. The Balaban J connectivity index is 2.53. The van der Waals surface area contributed by atoms with E-state index in [9.17, 15) is 5.11 Å². The number of nitrogens with zero attached hydrogens (tertiary/aromatic N) is 1. The summed E-state index contributed by atoms with van der Waals surface area (Å²) in [6.45, 7) is 3.73. The number of rotatable bonds is 7. The lowest BCUT2D eigenvalue weighted by Gasteiger charge is -2.22. The highest BCUT2D eigenvalue weighted by molar-refractivity contribution is 5.48. The number of aliphatic hydroxyl groups excluding tert-OH is 1. The lowest BCUT2D eigenvalue weighted by atomic mass is 10.2. The second-order valence-electron chi connectivity index (χ2n) is 4.04. The summed E-state index contributed by atoms with van der Waals surface area (Å²) in [5.41, 5.74) is 6.46. The molecule has 3 N–H and O–H groups in total. The van der Waals surface area contributed by atoms with Crippen LogP contribution in [0.5, 0.6) is 5.75 Å². The summed E-state index contributed by atoms with van der Waals surface area (Å²) in [7, 11) is 1.95. The van der Waals surface area contributed by atoms with Crippen molar-refractivity contribution in [2.75, 3.05) is 31.6 Å². The van der Waals surface area contributed by atoms with Crippen molar-refractivity contribution in [3.05, 3.63) is 24.3 Å². The van der Waals surface area contributed by atoms with Crippen molar-refractivity contribution in [2.24, 2.45) is 5.73 Å². The average Bonchev–Trinajstić information content (AvgIpc) is 2.30. The Bertz CT molecular complexity index is 314. The molecular weight excluding hydrogens is 216 g/mol. The van der Waals surface area contributed by atoms with Gasteiger partial charge in [0.2, 0.25) is 0 Å². The molecule has 0 aliphatic heterocycles. The van der Waals surface area contributed by atoms with Crippen molar-refractivity contribution in [3.63, 3.8) is 0 Å². The van der Waals surface area contributed by atoms with E-state index >= 15 is 0 Å². The van der Waals surface area contributed by atoms with Crippen LogP contribution in [-0.2, 0) is 0 Å². The number of aliphatic hydroxyl groups is 1. The summed E-state index contributed by atoms with van der Waals surface area (Å²) < 4.78 is 5.38. The van der Waals surface area contributed by atoms with Gasteiger partial charge in [-0.15, -0.1) is 0 Å². The molecule has 0 heterocycles. The quantitative estimate of drug-likeness (QED) is 0.750. The second-order valence-corrected chi connectivity index (χ2v) is 4.04. The molecule has 0 fully saturated rings. The van der Waals surface area contributed by atoms with E-state index in [0.29, 0.717) is 26.1 Å². The van der Waals surface area contributed by atoms with Crippen LogP contribution in [0.4, 0.5) is 5.69 Å². The largest absolute Gasteiger partial charge is 0.494 e. The predicted octanol–water partition coefficient (Wildman–Crippen LogP) is 1.23. The highest BCUT2D eigenvalue weighted by atomic mass is 16.5. The van der Waals surface area contributed by atoms with Crippen molar-refractivity contribution in [1.82, 2.24) is 0 Å². The molecule has 4 heteroatoms. The van der Waals surface area contributed by atoms with E-state index in [1.807, 2.05) is 43.1 Å². The fourth-order valence-corrected chi connectivity index (χ4v) is 1.67. The zero-order valence-electron chi connectivity index (χ0n) is 10.6. The molecule has 0 radical (unpaired) electrons. The Hall–Kier alpha value is -1.26. The third kappa shape index (κ3) is 4.63. The second kappa shape index (κ2) is 7.14. The Morgan fingerprint density at radius 2 is 2.00 bits per heavy atom. The number of nitrogens with two attached hydrogens (primary N) is 1. The first kappa shape index (κ1) is 13.8. The van der Waals surface area contributed by atoms with Crippen molar-refractivity contribution in [2.45, 2.75) is 19.4 Å². The van der Waals surface area contributed by atoms with Crippen LogP contribution >= 0.6 is 0 Å². The number of ether oxygens (including phenoxy) is 1. The molecular formula is C13H22N2O2. The molecule has 1 rings (SSSR count). The molecule has 1 atom stereocenters. The molecule has 0 aromatic heterocycles. The fraction of sp³-hybridized carbons (Fsp3) is 0.538. The van der Waals surface area contributed by atoms with E-state index in [4.69, 9.17) is 10.5 Å². The van der Waals surface area contributed by atoms with E-state index in [1.165, 1.54) is 0 Å². The molecule has 0 bridgehead atoms. The minimum atomic E-state index is -0.378. The van der Waals surface area contributed by atoms with Crippen molar-refractivity contribution in [1.29, 1.82) is 0 Å². The van der Waals surface area contributed by atoms with Crippen molar-refractivity contribution >= 4 is 5.69 Å². The van der Waals surface area contributed by atoms with E-state index in [0.717, 1.165) is 11.4 Å². The monoisotopic (exact) mass is 238 g/mol. The third-order valence-corrected chi connectivity index (χ3v) is 2.57. The predicted molar refractivity (Wildman–Crippen MR) is 70.6 cm³/mol. The van der Waals surface area contributed by atoms with Gasteiger partial charge in [0.05, 0.1) is 12.7 Å². The Morgan fingerprint density at radius 1 is 1.35 bits per heavy atom. The molecule has 0 amide bonds. The topological polar surface area (TPSA) is 58.7 Å². The van der Waals surface area contributed by atoms with E-state index in [2.05, 4.69) is 0 Å². The number of anilines is 1. The molecule has 4 nitrogen and oxygen atoms in total. The minimum absolute atomic E-state index is 0.378. The van der Waals surface area contributed by atoms with Crippen LogP contribution in [0.3, 0.4) is 0 Å². The molecule has 1 aromatic carbocycles. The normalized spacial score (nSPS) is 12.2. The number of benzene rings is 1. The molecule has 0 saturated carbocycles. The van der Waals surface area contributed by atoms with Crippen LogP contribution in [0, 0.1) is 0 Å². The molecule has 1 aromatic rings. The van der Waals surface area contributed by atoms with Gasteiger partial charge < -0.3 is 20.5 Å². The third-order valence-electron chi connectivity index (χ3n) is 2.57. The van der Waals surface area contributed by atoms with Gasteiger partial charge in [-0.3, -0.25) is 0 Å². The zero-order chi connectivity index (χ0) is 12.7. The van der Waals surface area contributed by atoms with Crippen LogP contribution in [0.1, 0.15) is 13.3 Å². The lowest BCUT2D eigenvalue weighted by molar-refractivity contribution is 0.174. The van der Waals surface area contributed by atoms with Crippen molar-refractivity contribution < 1.29 is 9.84 Å². The smallest absolute Gasteiger partial charge is 0.119 e. The van der Waals surface area contributed by atoms with Crippen LogP contribution in [-0.4, -0.2) is 38.0 Å². The summed E-state index contributed by atoms with van der Waals surface area (Å²) in [5.74, 6) is 0.868. The fourth-order valence-electron chi connectivity index (χ4n) is 1.67. The van der Waals surface area contributed by atoms with Gasteiger partial charge in [0.1, 0.15) is 5.75 Å². The van der Waals surface area contributed by atoms with Gasteiger partial charge >= 0.3 is 0 Å². The molecule has 0 saturated heterocycles. The van der Waals surface area contributed by atoms with Gasteiger partial charge in [-0.25, -0.2) is 0 Å².